The Bertz CT molecular complexity index is 762. The van der Waals surface area contributed by atoms with Gasteiger partial charge in [0.1, 0.15) is 0 Å². The van der Waals surface area contributed by atoms with Gasteiger partial charge in [-0.3, -0.25) is 0 Å². The molecule has 0 aliphatic carbocycles. The maximum Gasteiger partial charge on any atom is 0.226 e. The number of benzene rings is 1. The van der Waals surface area contributed by atoms with Crippen molar-refractivity contribution in [2.24, 2.45) is 5.73 Å². The number of rotatable bonds is 5. The van der Waals surface area contributed by atoms with Gasteiger partial charge in [-0.05, 0) is 24.1 Å². The van der Waals surface area contributed by atoms with Gasteiger partial charge in [-0.25, -0.2) is 0 Å². The van der Waals surface area contributed by atoms with Gasteiger partial charge in [-0.1, -0.05) is 29.7 Å². The summed E-state index contributed by atoms with van der Waals surface area (Å²) in [5.41, 5.74) is 7.92. The van der Waals surface area contributed by atoms with Gasteiger partial charge in [0, 0.05) is 29.6 Å². The van der Waals surface area contributed by atoms with Gasteiger partial charge in [0.05, 0.1) is 12.1 Å². The zero-order chi connectivity index (χ0) is 14.8. The van der Waals surface area contributed by atoms with Crippen molar-refractivity contribution in [2.75, 3.05) is 0 Å². The molecule has 3 rings (SSSR count). The molecule has 110 valence electrons. The summed E-state index contributed by atoms with van der Waals surface area (Å²) in [5.74, 6) is 1.35. The van der Waals surface area contributed by atoms with Crippen molar-refractivity contribution < 1.29 is 4.52 Å². The molecule has 0 unspecified atom stereocenters. The highest BCUT2D eigenvalue weighted by Gasteiger charge is 2.11. The van der Waals surface area contributed by atoms with E-state index in [0.29, 0.717) is 29.8 Å². The van der Waals surface area contributed by atoms with E-state index in [0.717, 1.165) is 29.3 Å². The largest absolute Gasteiger partial charge is 0.339 e. The molecule has 2 aromatic heterocycles. The summed E-state index contributed by atoms with van der Waals surface area (Å²) >= 11 is 6.10. The first-order chi connectivity index (χ1) is 10.2. The summed E-state index contributed by atoms with van der Waals surface area (Å²) in [5, 5.41) is 5.83. The number of hydrogen-bond donors (Lipinski definition) is 1. The quantitative estimate of drug-likeness (QED) is 0.786. The first-order valence-electron chi connectivity index (χ1n) is 7.00. The standard InChI is InChI=1S/C15H17ClN4O/c1-2-3-15-18-14(19-21-15)9-20-8-10(7-17)12-5-4-11(16)6-13(12)20/h4-6,8H,2-3,7,9,17H2,1H3. The van der Waals surface area contributed by atoms with E-state index in [2.05, 4.69) is 21.6 Å². The second-order valence-electron chi connectivity index (χ2n) is 5.00. The summed E-state index contributed by atoms with van der Waals surface area (Å²) in [7, 11) is 0. The van der Waals surface area contributed by atoms with Crippen molar-refractivity contribution in [2.45, 2.75) is 32.9 Å². The third-order valence-corrected chi connectivity index (χ3v) is 3.67. The number of aromatic nitrogens is 3. The minimum atomic E-state index is 0.485. The highest BCUT2D eigenvalue weighted by molar-refractivity contribution is 6.31. The molecule has 2 heterocycles. The SMILES string of the molecule is CCCc1nc(Cn2cc(CN)c3ccc(Cl)cc32)no1. The molecule has 0 atom stereocenters. The van der Waals surface area contributed by atoms with Crippen molar-refractivity contribution >= 4 is 22.5 Å². The lowest BCUT2D eigenvalue weighted by Crippen LogP contribution is -2.00. The number of nitrogens with zero attached hydrogens (tertiary/aromatic N) is 3. The van der Waals surface area contributed by atoms with E-state index in [1.807, 2.05) is 24.4 Å². The van der Waals surface area contributed by atoms with Crippen LogP contribution < -0.4 is 5.73 Å². The molecule has 0 fully saturated rings. The average molecular weight is 305 g/mol. The smallest absolute Gasteiger partial charge is 0.226 e. The Hall–Kier alpha value is -1.85. The van der Waals surface area contributed by atoms with Gasteiger partial charge in [-0.2, -0.15) is 4.98 Å². The number of nitrogens with two attached hydrogens (primary N) is 1. The molecule has 2 N–H and O–H groups in total. The van der Waals surface area contributed by atoms with E-state index in [1.54, 1.807) is 0 Å². The predicted octanol–water partition coefficient (Wildman–Crippen LogP) is 3.14. The van der Waals surface area contributed by atoms with E-state index in [4.69, 9.17) is 21.9 Å². The van der Waals surface area contributed by atoms with Gasteiger partial charge in [0.15, 0.2) is 5.82 Å². The fourth-order valence-electron chi connectivity index (χ4n) is 2.46. The molecule has 6 heteroatoms. The molecule has 21 heavy (non-hydrogen) atoms. The fraction of sp³-hybridized carbons (Fsp3) is 0.333. The number of fused-ring (bicyclic) bond motifs is 1. The van der Waals surface area contributed by atoms with Gasteiger partial charge < -0.3 is 14.8 Å². The predicted molar refractivity (Wildman–Crippen MR) is 82.2 cm³/mol. The molecule has 3 aromatic rings. The van der Waals surface area contributed by atoms with Crippen LogP contribution in [0.25, 0.3) is 10.9 Å². The van der Waals surface area contributed by atoms with Crippen molar-refractivity contribution in [3.05, 3.63) is 46.7 Å². The Labute approximate surface area is 127 Å². The first kappa shape index (κ1) is 14.1. The highest BCUT2D eigenvalue weighted by atomic mass is 35.5. The van der Waals surface area contributed by atoms with Crippen LogP contribution in [0.1, 0.15) is 30.6 Å². The summed E-state index contributed by atoms with van der Waals surface area (Å²) in [6.07, 6.45) is 3.82. The Kier molecular flexibility index (Phi) is 3.94. The van der Waals surface area contributed by atoms with Gasteiger partial charge in [0.25, 0.3) is 0 Å². The third kappa shape index (κ3) is 2.80. The van der Waals surface area contributed by atoms with Gasteiger partial charge in [-0.15, -0.1) is 0 Å². The molecular weight excluding hydrogens is 288 g/mol. The minimum Gasteiger partial charge on any atom is -0.339 e. The van der Waals surface area contributed by atoms with Gasteiger partial charge in [0.2, 0.25) is 5.89 Å². The molecule has 0 spiro atoms. The van der Waals surface area contributed by atoms with Crippen LogP contribution in [0.2, 0.25) is 5.02 Å². The minimum absolute atomic E-state index is 0.485. The van der Waals surface area contributed by atoms with E-state index in [1.165, 1.54) is 0 Å². The van der Waals surface area contributed by atoms with E-state index in [-0.39, 0.29) is 0 Å². The lowest BCUT2D eigenvalue weighted by Gasteiger charge is -2.01. The topological polar surface area (TPSA) is 69.9 Å². The fourth-order valence-corrected chi connectivity index (χ4v) is 2.62. The lowest BCUT2D eigenvalue weighted by atomic mass is 10.2. The van der Waals surface area contributed by atoms with Crippen LogP contribution in [-0.4, -0.2) is 14.7 Å². The molecule has 0 amide bonds. The van der Waals surface area contributed by atoms with Crippen LogP contribution in [-0.2, 0) is 19.5 Å². The number of aryl methyl sites for hydroxylation is 1. The van der Waals surface area contributed by atoms with Gasteiger partial charge >= 0.3 is 0 Å². The molecule has 0 bridgehead atoms. The monoisotopic (exact) mass is 304 g/mol. The highest BCUT2D eigenvalue weighted by Crippen LogP contribution is 2.25. The Balaban J connectivity index is 1.97. The Morgan fingerprint density at radius 1 is 1.38 bits per heavy atom. The molecule has 0 saturated heterocycles. The molecule has 1 aromatic carbocycles. The van der Waals surface area contributed by atoms with Crippen LogP contribution in [0, 0.1) is 0 Å². The maximum absolute atomic E-state index is 6.10. The number of hydrogen-bond acceptors (Lipinski definition) is 4. The van der Waals surface area contributed by atoms with E-state index >= 15 is 0 Å². The van der Waals surface area contributed by atoms with Crippen molar-refractivity contribution in [3.8, 4) is 0 Å². The molecule has 0 aliphatic rings. The Morgan fingerprint density at radius 2 is 2.24 bits per heavy atom. The number of halogens is 1. The lowest BCUT2D eigenvalue weighted by molar-refractivity contribution is 0.371. The maximum atomic E-state index is 6.10. The summed E-state index contributed by atoms with van der Waals surface area (Å²) in [6, 6.07) is 5.80. The second kappa shape index (κ2) is 5.87. The normalized spacial score (nSPS) is 11.4. The van der Waals surface area contributed by atoms with Crippen LogP contribution >= 0.6 is 11.6 Å². The van der Waals surface area contributed by atoms with Crippen LogP contribution in [0.5, 0.6) is 0 Å². The molecule has 0 radical (unpaired) electrons. The summed E-state index contributed by atoms with van der Waals surface area (Å²) in [4.78, 5) is 4.40. The van der Waals surface area contributed by atoms with E-state index in [9.17, 15) is 0 Å². The summed E-state index contributed by atoms with van der Waals surface area (Å²) < 4.78 is 7.28. The third-order valence-electron chi connectivity index (χ3n) is 3.43. The zero-order valence-electron chi connectivity index (χ0n) is 11.8. The van der Waals surface area contributed by atoms with Crippen molar-refractivity contribution in [3.63, 3.8) is 0 Å². The molecule has 0 saturated carbocycles. The Morgan fingerprint density at radius 3 is 3.00 bits per heavy atom. The molecule has 0 aliphatic heterocycles. The molecule has 5 nitrogen and oxygen atoms in total. The molecular formula is C15H17ClN4O. The average Bonchev–Trinajstić information content (AvgIpc) is 3.05. The van der Waals surface area contributed by atoms with E-state index < -0.39 is 0 Å². The first-order valence-corrected chi connectivity index (χ1v) is 7.38. The van der Waals surface area contributed by atoms with Crippen LogP contribution in [0.4, 0.5) is 0 Å². The van der Waals surface area contributed by atoms with Crippen molar-refractivity contribution in [1.82, 2.24) is 14.7 Å². The summed E-state index contributed by atoms with van der Waals surface area (Å²) in [6.45, 7) is 3.11. The van der Waals surface area contributed by atoms with Crippen LogP contribution in [0.3, 0.4) is 0 Å². The second-order valence-corrected chi connectivity index (χ2v) is 5.44. The van der Waals surface area contributed by atoms with Crippen molar-refractivity contribution in [1.29, 1.82) is 0 Å². The van der Waals surface area contributed by atoms with Crippen LogP contribution in [0.15, 0.2) is 28.9 Å². The zero-order valence-corrected chi connectivity index (χ0v) is 12.6.